The SMILES string of the molecule is O=C(NCCCCCCO)c1ccc(Cl)nc1. The molecule has 0 aliphatic rings. The van der Waals surface area contributed by atoms with Crippen molar-refractivity contribution in [1.29, 1.82) is 0 Å². The molecule has 1 amide bonds. The van der Waals surface area contributed by atoms with Crippen molar-refractivity contribution in [2.24, 2.45) is 0 Å². The number of rotatable bonds is 7. The number of aromatic nitrogens is 1. The van der Waals surface area contributed by atoms with Crippen LogP contribution in [0.1, 0.15) is 36.0 Å². The van der Waals surface area contributed by atoms with E-state index in [9.17, 15) is 4.79 Å². The molecular weight excluding hydrogens is 240 g/mol. The molecule has 0 aromatic carbocycles. The number of pyridine rings is 1. The van der Waals surface area contributed by atoms with E-state index in [2.05, 4.69) is 10.3 Å². The van der Waals surface area contributed by atoms with E-state index in [1.54, 1.807) is 12.1 Å². The molecule has 1 heterocycles. The second-order valence-corrected chi connectivity index (χ2v) is 4.15. The maximum atomic E-state index is 11.6. The summed E-state index contributed by atoms with van der Waals surface area (Å²) in [6, 6.07) is 3.24. The maximum absolute atomic E-state index is 11.6. The van der Waals surface area contributed by atoms with Crippen LogP contribution in [0, 0.1) is 0 Å². The molecule has 94 valence electrons. The molecule has 0 spiro atoms. The molecule has 0 aliphatic heterocycles. The van der Waals surface area contributed by atoms with Crippen LogP contribution in [0.2, 0.25) is 5.15 Å². The van der Waals surface area contributed by atoms with Gasteiger partial charge in [-0.1, -0.05) is 24.4 Å². The zero-order valence-corrected chi connectivity index (χ0v) is 10.4. The molecular formula is C12H17ClN2O2. The highest BCUT2D eigenvalue weighted by Gasteiger charge is 2.04. The van der Waals surface area contributed by atoms with Crippen LogP contribution in [0.15, 0.2) is 18.3 Å². The van der Waals surface area contributed by atoms with Crippen molar-refractivity contribution in [3.05, 3.63) is 29.0 Å². The standard InChI is InChI=1S/C12H17ClN2O2/c13-11-6-5-10(9-15-11)12(17)14-7-3-1-2-4-8-16/h5-6,9,16H,1-4,7-8H2,(H,14,17). The van der Waals surface area contributed by atoms with E-state index in [0.29, 0.717) is 17.3 Å². The number of nitrogens with one attached hydrogen (secondary N) is 1. The summed E-state index contributed by atoms with van der Waals surface area (Å²) in [6.45, 7) is 0.885. The van der Waals surface area contributed by atoms with Gasteiger partial charge in [-0.2, -0.15) is 0 Å². The van der Waals surface area contributed by atoms with Gasteiger partial charge in [-0.15, -0.1) is 0 Å². The second-order valence-electron chi connectivity index (χ2n) is 3.76. The molecule has 0 saturated carbocycles. The zero-order valence-electron chi connectivity index (χ0n) is 9.66. The van der Waals surface area contributed by atoms with Crippen molar-refractivity contribution < 1.29 is 9.90 Å². The van der Waals surface area contributed by atoms with Gasteiger partial charge in [0.05, 0.1) is 5.56 Å². The highest BCUT2D eigenvalue weighted by atomic mass is 35.5. The van der Waals surface area contributed by atoms with E-state index in [-0.39, 0.29) is 12.5 Å². The van der Waals surface area contributed by atoms with Crippen molar-refractivity contribution >= 4 is 17.5 Å². The molecule has 0 fully saturated rings. The summed E-state index contributed by atoms with van der Waals surface area (Å²) in [5.74, 6) is -0.128. The van der Waals surface area contributed by atoms with Crippen molar-refractivity contribution in [2.75, 3.05) is 13.2 Å². The first-order valence-corrected chi connectivity index (χ1v) is 6.12. The number of unbranched alkanes of at least 4 members (excludes halogenated alkanes) is 3. The van der Waals surface area contributed by atoms with Gasteiger partial charge in [0.2, 0.25) is 0 Å². The Morgan fingerprint density at radius 2 is 2.06 bits per heavy atom. The topological polar surface area (TPSA) is 62.2 Å². The first kappa shape index (κ1) is 13.9. The highest BCUT2D eigenvalue weighted by molar-refractivity contribution is 6.29. The van der Waals surface area contributed by atoms with Crippen molar-refractivity contribution in [3.63, 3.8) is 0 Å². The summed E-state index contributed by atoms with van der Waals surface area (Å²) in [6.07, 6.45) is 5.22. The predicted molar refractivity (Wildman–Crippen MR) is 67.1 cm³/mol. The number of nitrogens with zero attached hydrogens (tertiary/aromatic N) is 1. The molecule has 0 saturated heterocycles. The Balaban J connectivity index is 2.19. The van der Waals surface area contributed by atoms with E-state index in [0.717, 1.165) is 25.7 Å². The van der Waals surface area contributed by atoms with Gasteiger partial charge in [0.15, 0.2) is 0 Å². The first-order valence-electron chi connectivity index (χ1n) is 5.74. The van der Waals surface area contributed by atoms with Crippen LogP contribution >= 0.6 is 11.6 Å². The molecule has 1 aromatic heterocycles. The van der Waals surface area contributed by atoms with Crippen LogP contribution in [0.25, 0.3) is 0 Å². The first-order chi connectivity index (χ1) is 8.24. The fourth-order valence-electron chi connectivity index (χ4n) is 1.40. The molecule has 4 nitrogen and oxygen atoms in total. The minimum atomic E-state index is -0.128. The van der Waals surface area contributed by atoms with Gasteiger partial charge >= 0.3 is 0 Å². The average molecular weight is 257 g/mol. The average Bonchev–Trinajstić information content (AvgIpc) is 2.34. The van der Waals surface area contributed by atoms with Crippen molar-refractivity contribution in [3.8, 4) is 0 Å². The molecule has 0 aliphatic carbocycles. The number of amides is 1. The normalized spacial score (nSPS) is 10.2. The Bertz CT molecular complexity index is 341. The van der Waals surface area contributed by atoms with E-state index < -0.39 is 0 Å². The second kappa shape index (κ2) is 8.03. The Kier molecular flexibility index (Phi) is 6.58. The van der Waals surface area contributed by atoms with E-state index in [4.69, 9.17) is 16.7 Å². The molecule has 1 aromatic rings. The largest absolute Gasteiger partial charge is 0.396 e. The van der Waals surface area contributed by atoms with E-state index in [1.807, 2.05) is 0 Å². The Morgan fingerprint density at radius 1 is 1.29 bits per heavy atom. The zero-order chi connectivity index (χ0) is 12.5. The number of carbonyl (C=O) groups is 1. The lowest BCUT2D eigenvalue weighted by Gasteiger charge is -2.04. The third-order valence-corrected chi connectivity index (χ3v) is 2.58. The van der Waals surface area contributed by atoms with E-state index >= 15 is 0 Å². The third-order valence-electron chi connectivity index (χ3n) is 2.36. The summed E-state index contributed by atoms with van der Waals surface area (Å²) in [4.78, 5) is 15.5. The monoisotopic (exact) mass is 256 g/mol. The van der Waals surface area contributed by atoms with Gasteiger partial charge in [-0.3, -0.25) is 4.79 Å². The fraction of sp³-hybridized carbons (Fsp3) is 0.500. The number of aliphatic hydroxyl groups excluding tert-OH is 1. The minimum absolute atomic E-state index is 0.128. The summed E-state index contributed by atoms with van der Waals surface area (Å²) >= 11 is 5.63. The molecule has 0 unspecified atom stereocenters. The molecule has 17 heavy (non-hydrogen) atoms. The third kappa shape index (κ3) is 5.65. The van der Waals surface area contributed by atoms with Crippen LogP contribution in [0.5, 0.6) is 0 Å². The van der Waals surface area contributed by atoms with Gasteiger partial charge < -0.3 is 10.4 Å². The Morgan fingerprint density at radius 3 is 2.71 bits per heavy atom. The quantitative estimate of drug-likeness (QED) is 0.580. The maximum Gasteiger partial charge on any atom is 0.252 e. The number of aliphatic hydroxyl groups is 1. The van der Waals surface area contributed by atoms with Gasteiger partial charge in [0, 0.05) is 19.3 Å². The van der Waals surface area contributed by atoms with Crippen LogP contribution in [0.3, 0.4) is 0 Å². The molecule has 0 atom stereocenters. The molecule has 2 N–H and O–H groups in total. The summed E-state index contributed by atoms with van der Waals surface area (Å²) < 4.78 is 0. The number of halogens is 1. The van der Waals surface area contributed by atoms with Gasteiger partial charge in [0.1, 0.15) is 5.15 Å². The highest BCUT2D eigenvalue weighted by Crippen LogP contribution is 2.05. The number of hydrogen-bond acceptors (Lipinski definition) is 3. The van der Waals surface area contributed by atoms with Crippen LogP contribution in [-0.2, 0) is 0 Å². The molecule has 5 heteroatoms. The summed E-state index contributed by atoms with van der Waals surface area (Å²) in [7, 11) is 0. The molecule has 1 rings (SSSR count). The molecule has 0 bridgehead atoms. The smallest absolute Gasteiger partial charge is 0.252 e. The van der Waals surface area contributed by atoms with Crippen molar-refractivity contribution in [2.45, 2.75) is 25.7 Å². The summed E-state index contributed by atoms with van der Waals surface area (Å²) in [5, 5.41) is 11.8. The van der Waals surface area contributed by atoms with Crippen LogP contribution < -0.4 is 5.32 Å². The van der Waals surface area contributed by atoms with E-state index in [1.165, 1.54) is 6.20 Å². The lowest BCUT2D eigenvalue weighted by Crippen LogP contribution is -2.24. The predicted octanol–water partition coefficient (Wildman–Crippen LogP) is 2.02. The fourth-order valence-corrected chi connectivity index (χ4v) is 1.52. The van der Waals surface area contributed by atoms with Crippen molar-refractivity contribution in [1.82, 2.24) is 10.3 Å². The Labute approximate surface area is 106 Å². The molecule has 0 radical (unpaired) electrons. The van der Waals surface area contributed by atoms with Gasteiger partial charge in [0.25, 0.3) is 5.91 Å². The minimum Gasteiger partial charge on any atom is -0.396 e. The van der Waals surface area contributed by atoms with Gasteiger partial charge in [-0.25, -0.2) is 4.98 Å². The number of carbonyl (C=O) groups excluding carboxylic acids is 1. The summed E-state index contributed by atoms with van der Waals surface area (Å²) in [5.41, 5.74) is 0.518. The van der Waals surface area contributed by atoms with Gasteiger partial charge in [-0.05, 0) is 25.0 Å². The van der Waals surface area contributed by atoms with Crippen LogP contribution in [0.4, 0.5) is 0 Å². The van der Waals surface area contributed by atoms with Crippen LogP contribution in [-0.4, -0.2) is 29.1 Å². The lowest BCUT2D eigenvalue weighted by molar-refractivity contribution is 0.0952. The number of hydrogen-bond donors (Lipinski definition) is 2. The Hall–Kier alpha value is -1.13. The lowest BCUT2D eigenvalue weighted by atomic mass is 10.2.